The molecule has 2 atom stereocenters. The molecule has 0 saturated carbocycles. The molecule has 0 aliphatic carbocycles. The molecule has 0 saturated heterocycles. The number of hydrogen-bond acceptors (Lipinski definition) is 2. The number of fused-ring (bicyclic) bond motifs is 1. The van der Waals surface area contributed by atoms with Crippen molar-refractivity contribution in [3.8, 4) is 0 Å². The van der Waals surface area contributed by atoms with Gasteiger partial charge in [-0.05, 0) is 36.6 Å². The number of carbonyl (C=O) groups is 1. The lowest BCUT2D eigenvalue weighted by atomic mass is 10.0. The average molecular weight is 280 g/mol. The second-order valence-corrected chi connectivity index (χ2v) is 5.65. The Balaban J connectivity index is 1.67. The van der Waals surface area contributed by atoms with Crippen LogP contribution >= 0.6 is 0 Å². The fourth-order valence-electron chi connectivity index (χ4n) is 2.92. The minimum absolute atomic E-state index is 0.0178. The van der Waals surface area contributed by atoms with Crippen molar-refractivity contribution in [1.29, 1.82) is 0 Å². The van der Waals surface area contributed by atoms with Crippen molar-refractivity contribution in [2.75, 3.05) is 5.32 Å². The molecule has 3 heteroatoms. The maximum Gasteiger partial charge on any atom is 0.243 e. The number of aryl methyl sites for hydroxylation is 1. The van der Waals surface area contributed by atoms with E-state index in [-0.39, 0.29) is 18.0 Å². The Morgan fingerprint density at radius 1 is 1.19 bits per heavy atom. The van der Waals surface area contributed by atoms with Crippen molar-refractivity contribution in [2.45, 2.75) is 32.4 Å². The zero-order chi connectivity index (χ0) is 14.8. The molecular formula is C18H20N2O. The van der Waals surface area contributed by atoms with Gasteiger partial charge in [-0.3, -0.25) is 4.79 Å². The van der Waals surface area contributed by atoms with Gasteiger partial charge in [0.2, 0.25) is 5.91 Å². The van der Waals surface area contributed by atoms with Crippen molar-refractivity contribution in [1.82, 2.24) is 5.32 Å². The lowest BCUT2D eigenvalue weighted by Gasteiger charge is -2.19. The Labute approximate surface area is 125 Å². The maximum atomic E-state index is 12.4. The van der Waals surface area contributed by atoms with Gasteiger partial charge in [-0.25, -0.2) is 0 Å². The number of amides is 1. The van der Waals surface area contributed by atoms with Crippen molar-refractivity contribution in [3.63, 3.8) is 0 Å². The molecule has 0 aromatic heterocycles. The highest BCUT2D eigenvalue weighted by Crippen LogP contribution is 2.26. The lowest BCUT2D eigenvalue weighted by molar-refractivity contribution is -0.122. The quantitative estimate of drug-likeness (QED) is 0.906. The summed E-state index contributed by atoms with van der Waals surface area (Å²) in [5.41, 5.74) is 4.65. The van der Waals surface area contributed by atoms with Crippen LogP contribution in [0.3, 0.4) is 0 Å². The van der Waals surface area contributed by atoms with Gasteiger partial charge in [-0.15, -0.1) is 0 Å². The van der Waals surface area contributed by atoms with E-state index in [1.165, 1.54) is 16.7 Å². The summed E-state index contributed by atoms with van der Waals surface area (Å²) in [4.78, 5) is 12.4. The third-order valence-electron chi connectivity index (χ3n) is 4.10. The number of carbonyl (C=O) groups excluding carboxylic acids is 1. The summed E-state index contributed by atoms with van der Waals surface area (Å²) < 4.78 is 0. The van der Waals surface area contributed by atoms with Crippen LogP contribution in [0.2, 0.25) is 0 Å². The molecule has 1 heterocycles. The SMILES string of the molecule is Cc1ccccc1[C@@H](C)NC(=O)C1Cc2ccccc2N1. The van der Waals surface area contributed by atoms with Crippen LogP contribution in [-0.2, 0) is 11.2 Å². The van der Waals surface area contributed by atoms with E-state index in [1.807, 2.05) is 37.3 Å². The summed E-state index contributed by atoms with van der Waals surface area (Å²) >= 11 is 0. The zero-order valence-corrected chi connectivity index (χ0v) is 12.4. The minimum Gasteiger partial charge on any atom is -0.373 e. The molecule has 2 aromatic rings. The first-order valence-electron chi connectivity index (χ1n) is 7.35. The van der Waals surface area contributed by atoms with Gasteiger partial charge < -0.3 is 10.6 Å². The molecule has 1 aliphatic heterocycles. The van der Waals surface area contributed by atoms with E-state index in [9.17, 15) is 4.79 Å². The molecule has 3 nitrogen and oxygen atoms in total. The molecule has 2 N–H and O–H groups in total. The van der Waals surface area contributed by atoms with Crippen LogP contribution < -0.4 is 10.6 Å². The summed E-state index contributed by atoms with van der Waals surface area (Å²) in [6, 6.07) is 16.1. The monoisotopic (exact) mass is 280 g/mol. The van der Waals surface area contributed by atoms with E-state index in [0.717, 1.165) is 12.1 Å². The van der Waals surface area contributed by atoms with Crippen LogP contribution in [0.25, 0.3) is 0 Å². The van der Waals surface area contributed by atoms with E-state index >= 15 is 0 Å². The van der Waals surface area contributed by atoms with Crippen molar-refractivity contribution in [2.24, 2.45) is 0 Å². The van der Waals surface area contributed by atoms with Crippen LogP contribution in [0, 0.1) is 6.92 Å². The van der Waals surface area contributed by atoms with E-state index in [0.29, 0.717) is 0 Å². The highest BCUT2D eigenvalue weighted by molar-refractivity contribution is 5.87. The number of benzene rings is 2. The first-order chi connectivity index (χ1) is 10.1. The summed E-state index contributed by atoms with van der Waals surface area (Å²) in [6.45, 7) is 4.10. The number of nitrogens with one attached hydrogen (secondary N) is 2. The van der Waals surface area contributed by atoms with Gasteiger partial charge in [0.15, 0.2) is 0 Å². The van der Waals surface area contributed by atoms with E-state index in [2.05, 4.69) is 35.8 Å². The van der Waals surface area contributed by atoms with Gasteiger partial charge >= 0.3 is 0 Å². The van der Waals surface area contributed by atoms with Crippen molar-refractivity contribution < 1.29 is 4.79 Å². The van der Waals surface area contributed by atoms with Crippen molar-refractivity contribution in [3.05, 3.63) is 65.2 Å². The molecular weight excluding hydrogens is 260 g/mol. The molecule has 108 valence electrons. The normalized spacial score (nSPS) is 17.7. The molecule has 0 spiro atoms. The topological polar surface area (TPSA) is 41.1 Å². The summed E-state index contributed by atoms with van der Waals surface area (Å²) in [5.74, 6) is 0.0574. The Kier molecular flexibility index (Phi) is 3.65. The van der Waals surface area contributed by atoms with Crippen LogP contribution in [0.4, 0.5) is 5.69 Å². The second kappa shape index (κ2) is 5.60. The fourth-order valence-corrected chi connectivity index (χ4v) is 2.92. The lowest BCUT2D eigenvalue weighted by Crippen LogP contribution is -2.39. The highest BCUT2D eigenvalue weighted by atomic mass is 16.2. The summed E-state index contributed by atoms with van der Waals surface area (Å²) in [5, 5.41) is 6.41. The summed E-state index contributed by atoms with van der Waals surface area (Å²) in [6.07, 6.45) is 0.752. The molecule has 3 rings (SSSR count). The molecule has 0 fully saturated rings. The van der Waals surface area contributed by atoms with Gasteiger partial charge in [0.05, 0.1) is 6.04 Å². The van der Waals surface area contributed by atoms with E-state index in [4.69, 9.17) is 0 Å². The van der Waals surface area contributed by atoms with Crippen molar-refractivity contribution >= 4 is 11.6 Å². The van der Waals surface area contributed by atoms with Gasteiger partial charge in [0, 0.05) is 12.1 Å². The standard InChI is InChI=1S/C18H20N2O/c1-12-7-3-5-9-15(12)13(2)19-18(21)17-11-14-8-4-6-10-16(14)20-17/h3-10,13,17,20H,11H2,1-2H3,(H,19,21)/t13-,17?/m1/s1. The van der Waals surface area contributed by atoms with Crippen LogP contribution in [0.5, 0.6) is 0 Å². The van der Waals surface area contributed by atoms with Crippen LogP contribution in [0.1, 0.15) is 29.7 Å². The maximum absolute atomic E-state index is 12.4. The first-order valence-corrected chi connectivity index (χ1v) is 7.35. The second-order valence-electron chi connectivity index (χ2n) is 5.65. The van der Waals surface area contributed by atoms with Crippen LogP contribution in [-0.4, -0.2) is 11.9 Å². The van der Waals surface area contributed by atoms with Gasteiger partial charge in [-0.2, -0.15) is 0 Å². The number of hydrogen-bond donors (Lipinski definition) is 2. The third-order valence-corrected chi connectivity index (χ3v) is 4.10. The Morgan fingerprint density at radius 2 is 1.90 bits per heavy atom. The molecule has 0 radical (unpaired) electrons. The largest absolute Gasteiger partial charge is 0.373 e. The Hall–Kier alpha value is -2.29. The minimum atomic E-state index is -0.172. The van der Waals surface area contributed by atoms with Gasteiger partial charge in [-0.1, -0.05) is 42.5 Å². The van der Waals surface area contributed by atoms with Gasteiger partial charge in [0.25, 0.3) is 0 Å². The zero-order valence-electron chi connectivity index (χ0n) is 12.4. The fraction of sp³-hybridized carbons (Fsp3) is 0.278. The predicted molar refractivity (Wildman–Crippen MR) is 85.3 cm³/mol. The Bertz CT molecular complexity index is 641. The van der Waals surface area contributed by atoms with E-state index < -0.39 is 0 Å². The molecule has 0 bridgehead atoms. The average Bonchev–Trinajstić information content (AvgIpc) is 2.91. The predicted octanol–water partition coefficient (Wildman–Crippen LogP) is 3.21. The first kappa shape index (κ1) is 13.7. The highest BCUT2D eigenvalue weighted by Gasteiger charge is 2.27. The molecule has 1 unspecified atom stereocenters. The molecule has 2 aromatic carbocycles. The third kappa shape index (κ3) is 2.77. The molecule has 1 aliphatic rings. The van der Waals surface area contributed by atoms with E-state index in [1.54, 1.807) is 0 Å². The van der Waals surface area contributed by atoms with Crippen LogP contribution in [0.15, 0.2) is 48.5 Å². The number of rotatable bonds is 3. The molecule has 1 amide bonds. The van der Waals surface area contributed by atoms with Gasteiger partial charge in [0.1, 0.15) is 6.04 Å². The Morgan fingerprint density at radius 3 is 2.67 bits per heavy atom. The smallest absolute Gasteiger partial charge is 0.243 e. The number of para-hydroxylation sites is 1. The number of anilines is 1. The summed E-state index contributed by atoms with van der Waals surface area (Å²) in [7, 11) is 0. The molecule has 21 heavy (non-hydrogen) atoms.